The quantitative estimate of drug-likeness (QED) is 0.929. The highest BCUT2D eigenvalue weighted by Gasteiger charge is 2.33. The van der Waals surface area contributed by atoms with Gasteiger partial charge < -0.3 is 10.2 Å². The van der Waals surface area contributed by atoms with Gasteiger partial charge >= 0.3 is 0 Å². The molecule has 23 heavy (non-hydrogen) atoms. The maximum absolute atomic E-state index is 12.3. The van der Waals surface area contributed by atoms with Gasteiger partial charge in [0.05, 0.1) is 0 Å². The van der Waals surface area contributed by atoms with Crippen molar-refractivity contribution in [2.24, 2.45) is 11.8 Å². The predicted molar refractivity (Wildman–Crippen MR) is 89.7 cm³/mol. The summed E-state index contributed by atoms with van der Waals surface area (Å²) in [6, 6.07) is 8.23. The Morgan fingerprint density at radius 1 is 1.04 bits per heavy atom. The Labute approximate surface area is 138 Å². The van der Waals surface area contributed by atoms with E-state index in [9.17, 15) is 9.59 Å². The van der Waals surface area contributed by atoms with E-state index in [-0.39, 0.29) is 17.7 Å². The van der Waals surface area contributed by atoms with E-state index in [1.807, 2.05) is 4.90 Å². The molecule has 0 unspecified atom stereocenters. The number of amides is 2. The molecule has 1 aromatic rings. The summed E-state index contributed by atoms with van der Waals surface area (Å²) >= 11 is 0. The van der Waals surface area contributed by atoms with Gasteiger partial charge in [0.2, 0.25) is 11.8 Å². The maximum atomic E-state index is 12.3. The Balaban J connectivity index is 1.42. The van der Waals surface area contributed by atoms with Crippen LogP contribution in [0.1, 0.15) is 43.2 Å². The molecule has 124 valence electrons. The largest absolute Gasteiger partial charge is 0.352 e. The zero-order valence-electron chi connectivity index (χ0n) is 13.9. The van der Waals surface area contributed by atoms with Gasteiger partial charge in [0.1, 0.15) is 0 Å². The fraction of sp³-hybridized carbons (Fsp3) is 0.579. The summed E-state index contributed by atoms with van der Waals surface area (Å²) in [6.07, 6.45) is 4.87. The van der Waals surface area contributed by atoms with Gasteiger partial charge in [-0.15, -0.1) is 0 Å². The molecule has 2 aliphatic rings. The van der Waals surface area contributed by atoms with Crippen LogP contribution < -0.4 is 5.32 Å². The lowest BCUT2D eigenvalue weighted by molar-refractivity contribution is -0.141. The fourth-order valence-corrected chi connectivity index (χ4v) is 3.31. The molecule has 1 aliphatic heterocycles. The van der Waals surface area contributed by atoms with Crippen molar-refractivity contribution in [3.8, 4) is 0 Å². The number of nitrogens with zero attached hydrogens (tertiary/aromatic N) is 1. The van der Waals surface area contributed by atoms with Gasteiger partial charge in [0, 0.05) is 31.5 Å². The molecule has 3 rings (SSSR count). The first-order chi connectivity index (χ1) is 11.1. The highest BCUT2D eigenvalue weighted by Crippen LogP contribution is 2.30. The number of rotatable bonds is 4. The van der Waals surface area contributed by atoms with Crippen molar-refractivity contribution >= 4 is 11.8 Å². The first kappa shape index (κ1) is 16.0. The summed E-state index contributed by atoms with van der Waals surface area (Å²) in [5.41, 5.74) is 2.35. The van der Waals surface area contributed by atoms with Crippen molar-refractivity contribution in [3.63, 3.8) is 0 Å². The number of likely N-dealkylation sites (tertiary alicyclic amines) is 1. The standard InChI is InChI=1S/C19H26N2O2/c1-14-5-7-15(8-6-14)13-20-18(22)16-9-11-21(12-10-16)19(23)17-3-2-4-17/h5-8,16-17H,2-4,9-13H2,1H3,(H,20,22). The smallest absolute Gasteiger partial charge is 0.225 e. The molecule has 4 heteroatoms. The average molecular weight is 314 g/mol. The van der Waals surface area contributed by atoms with E-state index < -0.39 is 0 Å². The molecule has 1 aromatic carbocycles. The maximum Gasteiger partial charge on any atom is 0.225 e. The predicted octanol–water partition coefficient (Wildman–Crippen LogP) is 2.65. The van der Waals surface area contributed by atoms with Crippen molar-refractivity contribution in [3.05, 3.63) is 35.4 Å². The van der Waals surface area contributed by atoms with Crippen molar-refractivity contribution in [1.29, 1.82) is 0 Å². The number of aryl methyl sites for hydroxylation is 1. The molecule has 1 N–H and O–H groups in total. The summed E-state index contributed by atoms with van der Waals surface area (Å²) in [5.74, 6) is 0.754. The second kappa shape index (κ2) is 7.16. The van der Waals surface area contributed by atoms with Crippen LogP contribution in [0.3, 0.4) is 0 Å². The van der Waals surface area contributed by atoms with Crippen molar-refractivity contribution in [2.75, 3.05) is 13.1 Å². The highest BCUT2D eigenvalue weighted by atomic mass is 16.2. The SMILES string of the molecule is Cc1ccc(CNC(=O)C2CCN(C(=O)C3CCC3)CC2)cc1. The molecule has 2 amide bonds. The lowest BCUT2D eigenvalue weighted by atomic mass is 9.83. The third-order valence-electron chi connectivity index (χ3n) is 5.22. The Kier molecular flexibility index (Phi) is 4.99. The molecule has 2 fully saturated rings. The monoisotopic (exact) mass is 314 g/mol. The van der Waals surface area contributed by atoms with Gasteiger partial charge in [-0.05, 0) is 38.2 Å². The van der Waals surface area contributed by atoms with E-state index in [0.29, 0.717) is 12.5 Å². The van der Waals surface area contributed by atoms with Gasteiger partial charge in [-0.3, -0.25) is 9.59 Å². The molecule has 4 nitrogen and oxygen atoms in total. The van der Waals surface area contributed by atoms with Crippen LogP contribution in [0.5, 0.6) is 0 Å². The van der Waals surface area contributed by atoms with E-state index in [4.69, 9.17) is 0 Å². The summed E-state index contributed by atoms with van der Waals surface area (Å²) < 4.78 is 0. The third kappa shape index (κ3) is 3.92. The zero-order valence-corrected chi connectivity index (χ0v) is 13.9. The van der Waals surface area contributed by atoms with E-state index in [0.717, 1.165) is 44.3 Å². The molecular formula is C19H26N2O2. The Bertz CT molecular complexity index is 555. The van der Waals surface area contributed by atoms with Crippen LogP contribution in [-0.2, 0) is 16.1 Å². The van der Waals surface area contributed by atoms with Gasteiger partial charge in [-0.1, -0.05) is 36.2 Å². The molecule has 1 heterocycles. The first-order valence-electron chi connectivity index (χ1n) is 8.75. The average Bonchev–Trinajstić information content (AvgIpc) is 2.52. The molecule has 0 bridgehead atoms. The summed E-state index contributed by atoms with van der Waals surface area (Å²) in [6.45, 7) is 4.11. The second-order valence-electron chi connectivity index (χ2n) is 6.93. The van der Waals surface area contributed by atoms with E-state index in [2.05, 4.69) is 36.5 Å². The van der Waals surface area contributed by atoms with E-state index in [1.54, 1.807) is 0 Å². The van der Waals surface area contributed by atoms with Gasteiger partial charge in [-0.2, -0.15) is 0 Å². The van der Waals surface area contributed by atoms with Crippen molar-refractivity contribution in [2.45, 2.75) is 45.6 Å². The molecule has 0 spiro atoms. The molecule has 1 saturated heterocycles. The second-order valence-corrected chi connectivity index (χ2v) is 6.93. The minimum Gasteiger partial charge on any atom is -0.352 e. The number of hydrogen-bond donors (Lipinski definition) is 1. The van der Waals surface area contributed by atoms with Gasteiger partial charge in [0.25, 0.3) is 0 Å². The van der Waals surface area contributed by atoms with Crippen LogP contribution in [-0.4, -0.2) is 29.8 Å². The normalized spacial score (nSPS) is 19.3. The van der Waals surface area contributed by atoms with Crippen LogP contribution in [0.15, 0.2) is 24.3 Å². The Hall–Kier alpha value is -1.84. The van der Waals surface area contributed by atoms with Gasteiger partial charge in [0.15, 0.2) is 0 Å². The van der Waals surface area contributed by atoms with E-state index >= 15 is 0 Å². The fourth-order valence-electron chi connectivity index (χ4n) is 3.31. The van der Waals surface area contributed by atoms with E-state index in [1.165, 1.54) is 12.0 Å². The van der Waals surface area contributed by atoms with Crippen molar-refractivity contribution in [1.82, 2.24) is 10.2 Å². The van der Waals surface area contributed by atoms with Crippen LogP contribution in [0.4, 0.5) is 0 Å². The molecule has 0 atom stereocenters. The number of nitrogens with one attached hydrogen (secondary N) is 1. The Morgan fingerprint density at radius 3 is 2.26 bits per heavy atom. The molecule has 0 aromatic heterocycles. The van der Waals surface area contributed by atoms with Crippen LogP contribution in [0.25, 0.3) is 0 Å². The number of carbonyl (C=O) groups excluding carboxylic acids is 2. The summed E-state index contributed by atoms with van der Waals surface area (Å²) in [5, 5.41) is 3.03. The van der Waals surface area contributed by atoms with Crippen LogP contribution in [0, 0.1) is 18.8 Å². The number of carbonyl (C=O) groups is 2. The molecular weight excluding hydrogens is 288 g/mol. The molecule has 1 saturated carbocycles. The highest BCUT2D eigenvalue weighted by molar-refractivity contribution is 5.81. The van der Waals surface area contributed by atoms with Crippen LogP contribution >= 0.6 is 0 Å². The number of hydrogen-bond acceptors (Lipinski definition) is 2. The number of piperidine rings is 1. The van der Waals surface area contributed by atoms with Gasteiger partial charge in [-0.25, -0.2) is 0 Å². The Morgan fingerprint density at radius 2 is 1.70 bits per heavy atom. The molecule has 0 radical (unpaired) electrons. The minimum absolute atomic E-state index is 0.0471. The lowest BCUT2D eigenvalue weighted by Crippen LogP contribution is -2.46. The lowest BCUT2D eigenvalue weighted by Gasteiger charge is -2.36. The molecule has 1 aliphatic carbocycles. The number of benzene rings is 1. The zero-order chi connectivity index (χ0) is 16.2. The van der Waals surface area contributed by atoms with Crippen LogP contribution in [0.2, 0.25) is 0 Å². The summed E-state index contributed by atoms with van der Waals surface area (Å²) in [7, 11) is 0. The third-order valence-corrected chi connectivity index (χ3v) is 5.22. The first-order valence-corrected chi connectivity index (χ1v) is 8.75. The topological polar surface area (TPSA) is 49.4 Å². The van der Waals surface area contributed by atoms with Crippen molar-refractivity contribution < 1.29 is 9.59 Å². The minimum atomic E-state index is 0.0471. The summed E-state index contributed by atoms with van der Waals surface area (Å²) in [4.78, 5) is 26.5.